The van der Waals surface area contributed by atoms with Crippen molar-refractivity contribution in [3.05, 3.63) is 29.8 Å². The van der Waals surface area contributed by atoms with E-state index in [0.717, 1.165) is 11.3 Å². The van der Waals surface area contributed by atoms with Crippen LogP contribution in [0.5, 0.6) is 5.75 Å². The number of carboxylic acids is 1. The van der Waals surface area contributed by atoms with Gasteiger partial charge >= 0.3 is 5.97 Å². The Morgan fingerprint density at radius 1 is 1.24 bits per heavy atom. The maximum Gasteiger partial charge on any atom is 0.333 e. The highest BCUT2D eigenvalue weighted by molar-refractivity contribution is 5.72. The van der Waals surface area contributed by atoms with Gasteiger partial charge in [0.2, 0.25) is 0 Å². The summed E-state index contributed by atoms with van der Waals surface area (Å²) < 4.78 is 10.5. The van der Waals surface area contributed by atoms with Gasteiger partial charge in [0.15, 0.2) is 6.10 Å². The molecule has 4 heteroatoms. The SMILES string of the molecule is CCOc1ccc(C[C@@H](OCC)C(=O)O)cc1. The summed E-state index contributed by atoms with van der Waals surface area (Å²) >= 11 is 0. The Morgan fingerprint density at radius 2 is 1.88 bits per heavy atom. The second-order valence-corrected chi connectivity index (χ2v) is 3.56. The van der Waals surface area contributed by atoms with Crippen LogP contribution in [0.3, 0.4) is 0 Å². The lowest BCUT2D eigenvalue weighted by molar-refractivity contribution is -0.149. The van der Waals surface area contributed by atoms with Gasteiger partial charge in [-0.15, -0.1) is 0 Å². The monoisotopic (exact) mass is 238 g/mol. The fraction of sp³-hybridized carbons (Fsp3) is 0.462. The minimum atomic E-state index is -0.930. The minimum Gasteiger partial charge on any atom is -0.494 e. The number of ether oxygens (including phenoxy) is 2. The minimum absolute atomic E-state index is 0.371. The zero-order valence-corrected chi connectivity index (χ0v) is 10.2. The molecule has 0 saturated carbocycles. The number of rotatable bonds is 7. The van der Waals surface area contributed by atoms with Crippen LogP contribution in [0, 0.1) is 0 Å². The van der Waals surface area contributed by atoms with Crippen LogP contribution in [0.2, 0.25) is 0 Å². The summed E-state index contributed by atoms with van der Waals surface area (Å²) in [4.78, 5) is 10.9. The highest BCUT2D eigenvalue weighted by atomic mass is 16.5. The van der Waals surface area contributed by atoms with Crippen LogP contribution in [-0.4, -0.2) is 30.4 Å². The first-order valence-corrected chi connectivity index (χ1v) is 5.73. The molecule has 0 aliphatic rings. The number of hydrogen-bond acceptors (Lipinski definition) is 3. The fourth-order valence-electron chi connectivity index (χ4n) is 1.52. The Kier molecular flexibility index (Phi) is 5.49. The first-order valence-electron chi connectivity index (χ1n) is 5.73. The molecular formula is C13H18O4. The van der Waals surface area contributed by atoms with E-state index >= 15 is 0 Å². The zero-order chi connectivity index (χ0) is 12.7. The molecule has 0 aliphatic heterocycles. The number of carboxylic acid groups (broad SMARTS) is 1. The van der Waals surface area contributed by atoms with Crippen molar-refractivity contribution in [2.24, 2.45) is 0 Å². The van der Waals surface area contributed by atoms with E-state index in [1.54, 1.807) is 6.92 Å². The van der Waals surface area contributed by atoms with E-state index in [2.05, 4.69) is 0 Å². The molecule has 0 spiro atoms. The van der Waals surface area contributed by atoms with Crippen molar-refractivity contribution in [1.82, 2.24) is 0 Å². The highest BCUT2D eigenvalue weighted by Crippen LogP contribution is 2.14. The molecule has 0 amide bonds. The number of aliphatic carboxylic acids is 1. The lowest BCUT2D eigenvalue weighted by atomic mass is 10.1. The first kappa shape index (κ1) is 13.5. The molecular weight excluding hydrogens is 220 g/mol. The van der Waals surface area contributed by atoms with E-state index in [-0.39, 0.29) is 0 Å². The first-order chi connectivity index (χ1) is 8.17. The maximum atomic E-state index is 10.9. The van der Waals surface area contributed by atoms with Gasteiger partial charge in [-0.1, -0.05) is 12.1 Å². The molecule has 1 rings (SSSR count). The van der Waals surface area contributed by atoms with Gasteiger partial charge in [-0.2, -0.15) is 0 Å². The number of benzene rings is 1. The predicted octanol–water partition coefficient (Wildman–Crippen LogP) is 2.12. The summed E-state index contributed by atoms with van der Waals surface area (Å²) in [5, 5.41) is 8.95. The molecule has 0 bridgehead atoms. The molecule has 1 aromatic rings. The van der Waals surface area contributed by atoms with Gasteiger partial charge in [-0.25, -0.2) is 4.79 Å². The van der Waals surface area contributed by atoms with Crippen LogP contribution < -0.4 is 4.74 Å². The van der Waals surface area contributed by atoms with Crippen LogP contribution >= 0.6 is 0 Å². The van der Waals surface area contributed by atoms with Crippen LogP contribution in [0.1, 0.15) is 19.4 Å². The third kappa shape index (κ3) is 4.44. The lowest BCUT2D eigenvalue weighted by Crippen LogP contribution is -2.26. The summed E-state index contributed by atoms with van der Waals surface area (Å²) in [6.45, 7) is 4.72. The maximum absolute atomic E-state index is 10.9. The molecule has 1 N–H and O–H groups in total. The summed E-state index contributed by atoms with van der Waals surface area (Å²) in [5.41, 5.74) is 0.925. The van der Waals surface area contributed by atoms with Gasteiger partial charge in [0.05, 0.1) is 6.61 Å². The topological polar surface area (TPSA) is 55.8 Å². The number of hydrogen-bond donors (Lipinski definition) is 1. The van der Waals surface area contributed by atoms with Crippen LogP contribution in [0.15, 0.2) is 24.3 Å². The number of carbonyl (C=O) groups is 1. The standard InChI is InChI=1S/C13H18O4/c1-3-16-11-7-5-10(6-8-11)9-12(13(14)15)17-4-2/h5-8,12H,3-4,9H2,1-2H3,(H,14,15)/t12-/m1/s1. The van der Waals surface area contributed by atoms with E-state index in [4.69, 9.17) is 14.6 Å². The van der Waals surface area contributed by atoms with Crippen molar-refractivity contribution in [3.63, 3.8) is 0 Å². The molecule has 4 nitrogen and oxygen atoms in total. The molecule has 0 aromatic heterocycles. The Hall–Kier alpha value is -1.55. The quantitative estimate of drug-likeness (QED) is 0.790. The average molecular weight is 238 g/mol. The summed E-state index contributed by atoms with van der Waals surface area (Å²) in [6.07, 6.45) is -0.409. The van der Waals surface area contributed by atoms with Crippen molar-refractivity contribution >= 4 is 5.97 Å². The van der Waals surface area contributed by atoms with Gasteiger partial charge < -0.3 is 14.6 Å². The Balaban J connectivity index is 2.63. The fourth-order valence-corrected chi connectivity index (χ4v) is 1.52. The Bertz CT molecular complexity index is 345. The van der Waals surface area contributed by atoms with Crippen LogP contribution in [0.4, 0.5) is 0 Å². The second kappa shape index (κ2) is 6.91. The molecule has 17 heavy (non-hydrogen) atoms. The lowest BCUT2D eigenvalue weighted by Gasteiger charge is -2.12. The Labute approximate surface area is 101 Å². The van der Waals surface area contributed by atoms with Crippen molar-refractivity contribution in [1.29, 1.82) is 0 Å². The van der Waals surface area contributed by atoms with Crippen molar-refractivity contribution in [3.8, 4) is 5.75 Å². The van der Waals surface area contributed by atoms with Gasteiger partial charge in [0, 0.05) is 13.0 Å². The normalized spacial score (nSPS) is 12.1. The zero-order valence-electron chi connectivity index (χ0n) is 10.2. The third-order valence-electron chi connectivity index (χ3n) is 2.30. The largest absolute Gasteiger partial charge is 0.494 e. The molecule has 0 radical (unpaired) electrons. The average Bonchev–Trinajstić information content (AvgIpc) is 2.31. The van der Waals surface area contributed by atoms with Gasteiger partial charge in [-0.05, 0) is 31.5 Å². The molecule has 0 saturated heterocycles. The molecule has 0 fully saturated rings. The molecule has 0 heterocycles. The van der Waals surface area contributed by atoms with E-state index in [1.165, 1.54) is 0 Å². The van der Waals surface area contributed by atoms with Crippen molar-refractivity contribution in [2.75, 3.05) is 13.2 Å². The molecule has 0 aliphatic carbocycles. The second-order valence-electron chi connectivity index (χ2n) is 3.56. The van der Waals surface area contributed by atoms with E-state index in [9.17, 15) is 4.79 Å². The van der Waals surface area contributed by atoms with Crippen molar-refractivity contribution in [2.45, 2.75) is 26.4 Å². The van der Waals surface area contributed by atoms with Gasteiger partial charge in [-0.3, -0.25) is 0 Å². The van der Waals surface area contributed by atoms with Gasteiger partial charge in [0.1, 0.15) is 5.75 Å². The molecule has 1 atom stereocenters. The van der Waals surface area contributed by atoms with Crippen LogP contribution in [0.25, 0.3) is 0 Å². The predicted molar refractivity (Wildman–Crippen MR) is 64.4 cm³/mol. The Morgan fingerprint density at radius 3 is 2.35 bits per heavy atom. The van der Waals surface area contributed by atoms with Crippen LogP contribution in [-0.2, 0) is 16.0 Å². The van der Waals surface area contributed by atoms with E-state index in [0.29, 0.717) is 19.6 Å². The molecule has 94 valence electrons. The molecule has 1 aromatic carbocycles. The summed E-state index contributed by atoms with van der Waals surface area (Å²) in [7, 11) is 0. The van der Waals surface area contributed by atoms with Crippen molar-refractivity contribution < 1.29 is 19.4 Å². The van der Waals surface area contributed by atoms with E-state index < -0.39 is 12.1 Å². The smallest absolute Gasteiger partial charge is 0.333 e. The van der Waals surface area contributed by atoms with E-state index in [1.807, 2.05) is 31.2 Å². The summed E-state index contributed by atoms with van der Waals surface area (Å²) in [5.74, 6) is -0.139. The van der Waals surface area contributed by atoms with Gasteiger partial charge in [0.25, 0.3) is 0 Å². The highest BCUT2D eigenvalue weighted by Gasteiger charge is 2.17. The summed E-state index contributed by atoms with van der Waals surface area (Å²) in [6, 6.07) is 7.40. The molecule has 0 unspecified atom stereocenters. The third-order valence-corrected chi connectivity index (χ3v) is 2.30.